The lowest BCUT2D eigenvalue weighted by molar-refractivity contribution is 0.0953. The number of carbonyl (C=O) groups excluding carboxylic acids is 1. The monoisotopic (exact) mass is 196 g/mol. The largest absolute Gasteiger partial charge is 0.352 e. The molecule has 0 aliphatic heterocycles. The molecule has 0 atom stereocenters. The van der Waals surface area contributed by atoms with Crippen molar-refractivity contribution in [2.24, 2.45) is 7.05 Å². The Bertz CT molecular complexity index is 295. The number of carbonyl (C=O) groups is 1. The Balaban J connectivity index is 2.29. The molecule has 1 rings (SSSR count). The summed E-state index contributed by atoms with van der Waals surface area (Å²) in [6, 6.07) is 0. The number of hydrogen-bond acceptors (Lipinski definition) is 3. The van der Waals surface area contributed by atoms with Crippen molar-refractivity contribution in [2.45, 2.75) is 6.42 Å². The van der Waals surface area contributed by atoms with Gasteiger partial charge in [-0.1, -0.05) is 0 Å². The molecule has 0 radical (unpaired) electrons. The molecule has 1 heterocycles. The van der Waals surface area contributed by atoms with E-state index in [4.69, 9.17) is 0 Å². The molecule has 2 N–H and O–H groups in total. The van der Waals surface area contributed by atoms with Gasteiger partial charge in [0.2, 0.25) is 0 Å². The lowest BCUT2D eigenvalue weighted by atomic mass is 10.3. The molecule has 0 saturated heterocycles. The number of nitrogens with zero attached hydrogens (tertiary/aromatic N) is 2. The summed E-state index contributed by atoms with van der Waals surface area (Å²) < 4.78 is 1.61. The molecular formula is C9H16N4O. The zero-order chi connectivity index (χ0) is 10.4. The first-order valence-electron chi connectivity index (χ1n) is 4.65. The number of rotatable bonds is 5. The van der Waals surface area contributed by atoms with Crippen molar-refractivity contribution in [3.05, 3.63) is 18.0 Å². The van der Waals surface area contributed by atoms with Gasteiger partial charge in [0, 0.05) is 19.8 Å². The van der Waals surface area contributed by atoms with Crippen LogP contribution in [0.1, 0.15) is 16.8 Å². The highest BCUT2D eigenvalue weighted by Gasteiger charge is 2.05. The highest BCUT2D eigenvalue weighted by Crippen LogP contribution is 1.95. The van der Waals surface area contributed by atoms with Crippen LogP contribution in [0.2, 0.25) is 0 Å². The van der Waals surface area contributed by atoms with E-state index in [-0.39, 0.29) is 5.91 Å². The normalized spacial score (nSPS) is 10.1. The Kier molecular flexibility index (Phi) is 4.12. The van der Waals surface area contributed by atoms with Gasteiger partial charge in [-0.05, 0) is 20.0 Å². The van der Waals surface area contributed by atoms with Gasteiger partial charge in [-0.25, -0.2) is 0 Å². The maximum Gasteiger partial charge on any atom is 0.254 e. The molecule has 0 bridgehead atoms. The summed E-state index contributed by atoms with van der Waals surface area (Å²) in [6.45, 7) is 1.60. The van der Waals surface area contributed by atoms with Crippen LogP contribution in [-0.2, 0) is 7.05 Å². The smallest absolute Gasteiger partial charge is 0.254 e. The van der Waals surface area contributed by atoms with Crippen LogP contribution in [0.4, 0.5) is 0 Å². The SMILES string of the molecule is CNCCCNC(=O)c1cnn(C)c1. The standard InChI is InChI=1S/C9H16N4O/c1-10-4-3-5-11-9(14)8-6-12-13(2)7-8/h6-7,10H,3-5H2,1-2H3,(H,11,14). The summed E-state index contributed by atoms with van der Waals surface area (Å²) in [5, 5.41) is 9.76. The van der Waals surface area contributed by atoms with Crippen LogP contribution in [0.15, 0.2) is 12.4 Å². The molecular weight excluding hydrogens is 180 g/mol. The van der Waals surface area contributed by atoms with Gasteiger partial charge < -0.3 is 10.6 Å². The molecule has 0 aromatic carbocycles. The number of nitrogens with one attached hydrogen (secondary N) is 2. The predicted octanol–water partition coefficient (Wildman–Crippen LogP) is -0.241. The Labute approximate surface area is 83.5 Å². The molecule has 1 aromatic rings. The third-order valence-electron chi connectivity index (χ3n) is 1.86. The third kappa shape index (κ3) is 3.18. The Hall–Kier alpha value is -1.36. The highest BCUT2D eigenvalue weighted by atomic mass is 16.1. The van der Waals surface area contributed by atoms with Crippen molar-refractivity contribution in [1.82, 2.24) is 20.4 Å². The topological polar surface area (TPSA) is 58.9 Å². The van der Waals surface area contributed by atoms with Gasteiger partial charge in [0.05, 0.1) is 11.8 Å². The second-order valence-corrected chi connectivity index (χ2v) is 3.12. The molecule has 5 heteroatoms. The molecule has 0 aliphatic carbocycles. The number of hydrogen-bond donors (Lipinski definition) is 2. The van der Waals surface area contributed by atoms with Crippen LogP contribution in [0.5, 0.6) is 0 Å². The van der Waals surface area contributed by atoms with Crippen molar-refractivity contribution in [2.75, 3.05) is 20.1 Å². The van der Waals surface area contributed by atoms with Crippen LogP contribution in [0.25, 0.3) is 0 Å². The van der Waals surface area contributed by atoms with Crippen molar-refractivity contribution in [1.29, 1.82) is 0 Å². The van der Waals surface area contributed by atoms with E-state index in [9.17, 15) is 4.79 Å². The van der Waals surface area contributed by atoms with E-state index in [0.29, 0.717) is 12.1 Å². The minimum Gasteiger partial charge on any atom is -0.352 e. The maximum atomic E-state index is 11.4. The molecule has 0 spiro atoms. The second kappa shape index (κ2) is 5.39. The van der Waals surface area contributed by atoms with Gasteiger partial charge in [0.25, 0.3) is 5.91 Å². The molecule has 5 nitrogen and oxygen atoms in total. The van der Waals surface area contributed by atoms with Crippen molar-refractivity contribution in [3.63, 3.8) is 0 Å². The van der Waals surface area contributed by atoms with Gasteiger partial charge in [-0.3, -0.25) is 9.48 Å². The Morgan fingerprint density at radius 1 is 1.57 bits per heavy atom. The fraction of sp³-hybridized carbons (Fsp3) is 0.556. The van der Waals surface area contributed by atoms with Crippen molar-refractivity contribution >= 4 is 5.91 Å². The molecule has 0 saturated carbocycles. The molecule has 0 fully saturated rings. The summed E-state index contributed by atoms with van der Waals surface area (Å²) >= 11 is 0. The zero-order valence-electron chi connectivity index (χ0n) is 8.58. The molecule has 78 valence electrons. The molecule has 0 aliphatic rings. The predicted molar refractivity (Wildman–Crippen MR) is 54.1 cm³/mol. The number of amides is 1. The van der Waals surface area contributed by atoms with E-state index >= 15 is 0 Å². The van der Waals surface area contributed by atoms with Gasteiger partial charge in [0.15, 0.2) is 0 Å². The third-order valence-corrected chi connectivity index (χ3v) is 1.86. The average molecular weight is 196 g/mol. The van der Waals surface area contributed by atoms with Crippen LogP contribution in [0, 0.1) is 0 Å². The average Bonchev–Trinajstić information content (AvgIpc) is 2.59. The van der Waals surface area contributed by atoms with E-state index in [1.54, 1.807) is 24.1 Å². The number of aromatic nitrogens is 2. The molecule has 0 unspecified atom stereocenters. The Morgan fingerprint density at radius 3 is 2.93 bits per heavy atom. The van der Waals surface area contributed by atoms with E-state index in [2.05, 4.69) is 15.7 Å². The zero-order valence-corrected chi connectivity index (χ0v) is 8.58. The quantitative estimate of drug-likeness (QED) is 0.639. The van der Waals surface area contributed by atoms with Crippen LogP contribution < -0.4 is 10.6 Å². The summed E-state index contributed by atoms with van der Waals surface area (Å²) in [5.74, 6) is -0.0609. The van der Waals surface area contributed by atoms with E-state index in [1.807, 2.05) is 7.05 Å². The maximum absolute atomic E-state index is 11.4. The molecule has 1 amide bonds. The van der Waals surface area contributed by atoms with E-state index < -0.39 is 0 Å². The summed E-state index contributed by atoms with van der Waals surface area (Å²) in [6.07, 6.45) is 4.20. The van der Waals surface area contributed by atoms with Gasteiger partial charge in [-0.2, -0.15) is 5.10 Å². The van der Waals surface area contributed by atoms with Crippen molar-refractivity contribution < 1.29 is 4.79 Å². The van der Waals surface area contributed by atoms with Crippen molar-refractivity contribution in [3.8, 4) is 0 Å². The summed E-state index contributed by atoms with van der Waals surface area (Å²) in [5.41, 5.74) is 0.608. The first-order valence-corrected chi connectivity index (χ1v) is 4.65. The van der Waals surface area contributed by atoms with Crippen LogP contribution >= 0.6 is 0 Å². The molecule has 1 aromatic heterocycles. The fourth-order valence-electron chi connectivity index (χ4n) is 1.11. The fourth-order valence-corrected chi connectivity index (χ4v) is 1.11. The number of aryl methyl sites for hydroxylation is 1. The van der Waals surface area contributed by atoms with E-state index in [0.717, 1.165) is 13.0 Å². The minimum atomic E-state index is -0.0609. The molecule has 14 heavy (non-hydrogen) atoms. The first kappa shape index (κ1) is 10.7. The van der Waals surface area contributed by atoms with Gasteiger partial charge in [-0.15, -0.1) is 0 Å². The van der Waals surface area contributed by atoms with Gasteiger partial charge >= 0.3 is 0 Å². The lowest BCUT2D eigenvalue weighted by Gasteiger charge is -2.02. The summed E-state index contributed by atoms with van der Waals surface area (Å²) in [4.78, 5) is 11.4. The van der Waals surface area contributed by atoms with E-state index in [1.165, 1.54) is 0 Å². The Morgan fingerprint density at radius 2 is 2.36 bits per heavy atom. The van der Waals surface area contributed by atoms with Crippen LogP contribution in [-0.4, -0.2) is 35.8 Å². The first-order chi connectivity index (χ1) is 6.74. The summed E-state index contributed by atoms with van der Waals surface area (Å²) in [7, 11) is 3.68. The van der Waals surface area contributed by atoms with Gasteiger partial charge in [0.1, 0.15) is 0 Å². The second-order valence-electron chi connectivity index (χ2n) is 3.12. The lowest BCUT2D eigenvalue weighted by Crippen LogP contribution is -2.26. The highest BCUT2D eigenvalue weighted by molar-refractivity contribution is 5.93. The minimum absolute atomic E-state index is 0.0609. The van der Waals surface area contributed by atoms with Crippen LogP contribution in [0.3, 0.4) is 0 Å².